The highest BCUT2D eigenvalue weighted by molar-refractivity contribution is 5.94. The average Bonchev–Trinajstić information content (AvgIpc) is 2.46. The van der Waals surface area contributed by atoms with Crippen molar-refractivity contribution in [2.75, 3.05) is 5.32 Å². The summed E-state index contributed by atoms with van der Waals surface area (Å²) in [6.07, 6.45) is -0.549. The van der Waals surface area contributed by atoms with E-state index in [4.69, 9.17) is 4.74 Å². The third-order valence-corrected chi connectivity index (χ3v) is 3.55. The van der Waals surface area contributed by atoms with Crippen LogP contribution in [0.5, 0.6) is 5.75 Å². The van der Waals surface area contributed by atoms with Gasteiger partial charge in [-0.3, -0.25) is 4.79 Å². The first-order valence-corrected chi connectivity index (χ1v) is 7.08. The molecule has 0 radical (unpaired) electrons. The molecule has 0 saturated carbocycles. The Hall–Kier alpha value is -2.29. The van der Waals surface area contributed by atoms with Gasteiger partial charge in [-0.2, -0.15) is 0 Å². The number of rotatable bonds is 4. The van der Waals surface area contributed by atoms with Gasteiger partial charge in [0.2, 0.25) is 0 Å². The molecule has 3 nitrogen and oxygen atoms in total. The third-order valence-electron chi connectivity index (χ3n) is 3.55. The molecule has 0 saturated heterocycles. The predicted molar refractivity (Wildman–Crippen MR) is 85.8 cm³/mol. The molecule has 0 heterocycles. The van der Waals surface area contributed by atoms with Crippen LogP contribution >= 0.6 is 0 Å². The molecule has 2 rings (SSSR count). The molecule has 0 aliphatic carbocycles. The number of carbonyl (C=O) groups is 1. The van der Waals surface area contributed by atoms with Crippen LogP contribution in [-0.2, 0) is 4.79 Å². The number of amides is 1. The SMILES string of the molecule is Cc1ccc(NC(=O)[C@H](C)Oc2cccc(C)c2C)cc1. The minimum atomic E-state index is -0.549. The van der Waals surface area contributed by atoms with E-state index in [2.05, 4.69) is 5.32 Å². The van der Waals surface area contributed by atoms with E-state index in [0.29, 0.717) is 0 Å². The molecule has 1 N–H and O–H groups in total. The fourth-order valence-electron chi connectivity index (χ4n) is 1.98. The standard InChI is InChI=1S/C18H21NO2/c1-12-8-10-16(11-9-12)19-18(20)15(4)21-17-7-5-6-13(2)14(17)3/h5-11,15H,1-4H3,(H,19,20)/t15-/m0/s1. The maximum Gasteiger partial charge on any atom is 0.265 e. The maximum atomic E-state index is 12.2. The van der Waals surface area contributed by atoms with Crippen molar-refractivity contribution in [2.45, 2.75) is 33.8 Å². The number of nitrogens with one attached hydrogen (secondary N) is 1. The Labute approximate surface area is 126 Å². The average molecular weight is 283 g/mol. The first-order chi connectivity index (χ1) is 9.97. The molecule has 3 heteroatoms. The Morgan fingerprint density at radius 3 is 2.38 bits per heavy atom. The number of aryl methyl sites for hydroxylation is 2. The van der Waals surface area contributed by atoms with Gasteiger partial charge in [-0.25, -0.2) is 0 Å². The molecule has 0 aromatic heterocycles. The van der Waals surface area contributed by atoms with Crippen molar-refractivity contribution < 1.29 is 9.53 Å². The molecule has 110 valence electrons. The van der Waals surface area contributed by atoms with Crippen LogP contribution in [0.3, 0.4) is 0 Å². The van der Waals surface area contributed by atoms with Crippen molar-refractivity contribution in [3.8, 4) is 5.75 Å². The Balaban J connectivity index is 2.02. The first-order valence-electron chi connectivity index (χ1n) is 7.08. The number of hydrogen-bond acceptors (Lipinski definition) is 2. The summed E-state index contributed by atoms with van der Waals surface area (Å²) < 4.78 is 5.77. The summed E-state index contributed by atoms with van der Waals surface area (Å²) in [7, 11) is 0. The quantitative estimate of drug-likeness (QED) is 0.920. The summed E-state index contributed by atoms with van der Waals surface area (Å²) in [5, 5.41) is 2.86. The smallest absolute Gasteiger partial charge is 0.265 e. The Morgan fingerprint density at radius 1 is 1.05 bits per heavy atom. The normalized spacial score (nSPS) is 11.8. The zero-order chi connectivity index (χ0) is 15.4. The summed E-state index contributed by atoms with van der Waals surface area (Å²) >= 11 is 0. The molecule has 0 bridgehead atoms. The van der Waals surface area contributed by atoms with Crippen molar-refractivity contribution in [1.82, 2.24) is 0 Å². The molecule has 0 unspecified atom stereocenters. The van der Waals surface area contributed by atoms with Gasteiger partial charge in [0.1, 0.15) is 5.75 Å². The number of ether oxygens (including phenoxy) is 1. The van der Waals surface area contributed by atoms with Gasteiger partial charge in [0.05, 0.1) is 0 Å². The van der Waals surface area contributed by atoms with Crippen LogP contribution in [0.4, 0.5) is 5.69 Å². The van der Waals surface area contributed by atoms with Crippen LogP contribution in [0.2, 0.25) is 0 Å². The van der Waals surface area contributed by atoms with Gasteiger partial charge in [0, 0.05) is 5.69 Å². The third kappa shape index (κ3) is 3.85. The van der Waals surface area contributed by atoms with E-state index in [1.807, 2.05) is 63.2 Å². The van der Waals surface area contributed by atoms with Crippen LogP contribution in [0.25, 0.3) is 0 Å². The lowest BCUT2D eigenvalue weighted by Gasteiger charge is -2.17. The lowest BCUT2D eigenvalue weighted by Crippen LogP contribution is -2.30. The Kier molecular flexibility index (Phi) is 4.63. The lowest BCUT2D eigenvalue weighted by molar-refractivity contribution is -0.122. The van der Waals surface area contributed by atoms with Gasteiger partial charge in [-0.15, -0.1) is 0 Å². The molecule has 0 fully saturated rings. The van der Waals surface area contributed by atoms with Crippen LogP contribution in [-0.4, -0.2) is 12.0 Å². The summed E-state index contributed by atoms with van der Waals surface area (Å²) in [6, 6.07) is 13.5. The molecular formula is C18H21NO2. The van der Waals surface area contributed by atoms with Crippen molar-refractivity contribution in [2.24, 2.45) is 0 Å². The van der Waals surface area contributed by atoms with E-state index >= 15 is 0 Å². The molecule has 2 aromatic rings. The van der Waals surface area contributed by atoms with Crippen molar-refractivity contribution >= 4 is 11.6 Å². The molecule has 0 aliphatic heterocycles. The van der Waals surface area contributed by atoms with Gasteiger partial charge in [-0.05, 0) is 57.0 Å². The summed E-state index contributed by atoms with van der Waals surface area (Å²) in [6.45, 7) is 7.79. The molecule has 0 spiro atoms. The highest BCUT2D eigenvalue weighted by Gasteiger charge is 2.16. The zero-order valence-corrected chi connectivity index (χ0v) is 12.9. The van der Waals surface area contributed by atoms with E-state index in [1.54, 1.807) is 6.92 Å². The number of benzene rings is 2. The minimum absolute atomic E-state index is 0.153. The molecule has 1 atom stereocenters. The first kappa shape index (κ1) is 15.1. The zero-order valence-electron chi connectivity index (χ0n) is 12.9. The highest BCUT2D eigenvalue weighted by Crippen LogP contribution is 2.22. The van der Waals surface area contributed by atoms with Gasteiger partial charge in [0.15, 0.2) is 6.10 Å². The maximum absolute atomic E-state index is 12.2. The van der Waals surface area contributed by atoms with Crippen molar-refractivity contribution in [3.05, 3.63) is 59.2 Å². The number of anilines is 1. The van der Waals surface area contributed by atoms with Crippen LogP contribution in [0.1, 0.15) is 23.6 Å². The fraction of sp³-hybridized carbons (Fsp3) is 0.278. The molecule has 2 aromatic carbocycles. The second-order valence-electron chi connectivity index (χ2n) is 5.31. The second-order valence-corrected chi connectivity index (χ2v) is 5.31. The molecule has 0 aliphatic rings. The largest absolute Gasteiger partial charge is 0.481 e. The fourth-order valence-corrected chi connectivity index (χ4v) is 1.98. The summed E-state index contributed by atoms with van der Waals surface area (Å²) in [4.78, 5) is 12.2. The lowest BCUT2D eigenvalue weighted by atomic mass is 10.1. The summed E-state index contributed by atoms with van der Waals surface area (Å²) in [5.41, 5.74) is 4.15. The monoisotopic (exact) mass is 283 g/mol. The Morgan fingerprint density at radius 2 is 1.71 bits per heavy atom. The molecule has 1 amide bonds. The van der Waals surface area contributed by atoms with E-state index in [1.165, 1.54) is 0 Å². The number of hydrogen-bond donors (Lipinski definition) is 1. The van der Waals surface area contributed by atoms with E-state index in [9.17, 15) is 4.79 Å². The molecule has 21 heavy (non-hydrogen) atoms. The second kappa shape index (κ2) is 6.44. The van der Waals surface area contributed by atoms with Gasteiger partial charge in [-0.1, -0.05) is 29.8 Å². The highest BCUT2D eigenvalue weighted by atomic mass is 16.5. The van der Waals surface area contributed by atoms with E-state index in [0.717, 1.165) is 28.1 Å². The topological polar surface area (TPSA) is 38.3 Å². The van der Waals surface area contributed by atoms with E-state index in [-0.39, 0.29) is 5.91 Å². The minimum Gasteiger partial charge on any atom is -0.481 e. The summed E-state index contributed by atoms with van der Waals surface area (Å²) in [5.74, 6) is 0.598. The van der Waals surface area contributed by atoms with Gasteiger partial charge >= 0.3 is 0 Å². The van der Waals surface area contributed by atoms with Gasteiger partial charge < -0.3 is 10.1 Å². The van der Waals surface area contributed by atoms with Crippen LogP contribution in [0, 0.1) is 20.8 Å². The Bertz CT molecular complexity index is 632. The van der Waals surface area contributed by atoms with E-state index < -0.39 is 6.10 Å². The van der Waals surface area contributed by atoms with Gasteiger partial charge in [0.25, 0.3) is 5.91 Å². The van der Waals surface area contributed by atoms with Crippen molar-refractivity contribution in [3.63, 3.8) is 0 Å². The van der Waals surface area contributed by atoms with Crippen LogP contribution < -0.4 is 10.1 Å². The predicted octanol–water partition coefficient (Wildman–Crippen LogP) is 4.02. The molecular weight excluding hydrogens is 262 g/mol. The van der Waals surface area contributed by atoms with Crippen molar-refractivity contribution in [1.29, 1.82) is 0 Å². The number of carbonyl (C=O) groups excluding carboxylic acids is 1. The van der Waals surface area contributed by atoms with Crippen LogP contribution in [0.15, 0.2) is 42.5 Å².